The number of rotatable bonds is 7. The molecule has 2 heterocycles. The number of benzene rings is 1. The predicted octanol–water partition coefficient (Wildman–Crippen LogP) is 2.81. The number of nitrogens with zero attached hydrogens (tertiary/aromatic N) is 3. The summed E-state index contributed by atoms with van der Waals surface area (Å²) in [7, 11) is 0. The molecule has 12 heteroatoms. The van der Waals surface area contributed by atoms with E-state index in [-0.39, 0.29) is 22.7 Å². The summed E-state index contributed by atoms with van der Waals surface area (Å²) in [5, 5.41) is 3.84. The van der Waals surface area contributed by atoms with E-state index < -0.39 is 36.2 Å². The highest BCUT2D eigenvalue weighted by Crippen LogP contribution is 2.29. The Bertz CT molecular complexity index is 1140. The van der Waals surface area contributed by atoms with Crippen molar-refractivity contribution in [3.05, 3.63) is 54.0 Å². The number of nitrogens with one attached hydrogen (secondary N) is 1. The number of fused-ring (bicyclic) bond motifs is 1. The van der Waals surface area contributed by atoms with Gasteiger partial charge < -0.3 is 15.8 Å². The van der Waals surface area contributed by atoms with Crippen molar-refractivity contribution in [2.24, 2.45) is 11.6 Å². The van der Waals surface area contributed by atoms with Crippen molar-refractivity contribution in [2.45, 2.75) is 18.6 Å². The van der Waals surface area contributed by atoms with E-state index in [4.69, 9.17) is 11.6 Å². The molecule has 0 saturated heterocycles. The van der Waals surface area contributed by atoms with Crippen LogP contribution >= 0.6 is 0 Å². The molecule has 1 aromatic carbocycles. The molecule has 0 aliphatic carbocycles. The molecule has 0 aliphatic heterocycles. The van der Waals surface area contributed by atoms with Crippen molar-refractivity contribution in [2.75, 3.05) is 10.3 Å². The number of pyridine rings is 2. The summed E-state index contributed by atoms with van der Waals surface area (Å²) in [4.78, 5) is 30.9. The first-order chi connectivity index (χ1) is 14.6. The molecule has 3 rings (SSSR count). The van der Waals surface area contributed by atoms with Gasteiger partial charge in [-0.2, -0.15) is 13.2 Å². The first kappa shape index (κ1) is 21.9. The van der Waals surface area contributed by atoms with E-state index in [1.54, 1.807) is 30.5 Å². The van der Waals surface area contributed by atoms with E-state index in [0.29, 0.717) is 17.3 Å². The Kier molecular flexibility index (Phi) is 6.02. The Labute approximate surface area is 172 Å². The number of primary amides is 1. The Morgan fingerprint density at radius 2 is 2.00 bits per heavy atom. The van der Waals surface area contributed by atoms with E-state index >= 15 is 0 Å². The molecule has 2 aromatic heterocycles. The van der Waals surface area contributed by atoms with Gasteiger partial charge in [0.2, 0.25) is 0 Å². The van der Waals surface area contributed by atoms with Gasteiger partial charge in [-0.1, -0.05) is 12.1 Å². The fourth-order valence-electron chi connectivity index (χ4n) is 2.83. The number of hydrogen-bond acceptors (Lipinski definition) is 7. The zero-order chi connectivity index (χ0) is 22.8. The van der Waals surface area contributed by atoms with Gasteiger partial charge in [0.15, 0.2) is 11.6 Å². The number of halogens is 4. The van der Waals surface area contributed by atoms with Crippen molar-refractivity contribution in [3.63, 3.8) is 0 Å². The molecule has 162 valence electrons. The number of hydrazine groups is 1. The van der Waals surface area contributed by atoms with Gasteiger partial charge in [-0.3, -0.25) is 14.8 Å². The second kappa shape index (κ2) is 8.52. The molecule has 0 bridgehead atoms. The first-order valence-corrected chi connectivity index (χ1v) is 8.77. The van der Waals surface area contributed by atoms with Gasteiger partial charge in [0.25, 0.3) is 5.91 Å². The Morgan fingerprint density at radius 1 is 1.26 bits per heavy atom. The summed E-state index contributed by atoms with van der Waals surface area (Å²) in [6.45, 7) is 0. The molecule has 0 unspecified atom stereocenters. The van der Waals surface area contributed by atoms with Crippen LogP contribution in [0.3, 0.4) is 0 Å². The molecule has 3 aromatic rings. The van der Waals surface area contributed by atoms with Crippen molar-refractivity contribution in [3.8, 4) is 0 Å². The Hall–Kier alpha value is -3.80. The number of aldehydes is 1. The molecule has 0 spiro atoms. The second-order valence-electron chi connectivity index (χ2n) is 6.52. The van der Waals surface area contributed by atoms with E-state index in [2.05, 4.69) is 15.3 Å². The fraction of sp³-hybridized carbons (Fsp3) is 0.158. The van der Waals surface area contributed by atoms with Gasteiger partial charge >= 0.3 is 6.18 Å². The molecule has 1 amide bonds. The lowest BCUT2D eigenvalue weighted by molar-refractivity contribution is -0.142. The van der Waals surface area contributed by atoms with Crippen molar-refractivity contribution >= 4 is 40.4 Å². The first-order valence-electron chi connectivity index (χ1n) is 8.77. The van der Waals surface area contributed by atoms with Crippen LogP contribution in [0.4, 0.5) is 34.9 Å². The molecule has 5 N–H and O–H groups in total. The van der Waals surface area contributed by atoms with Gasteiger partial charge in [-0.25, -0.2) is 15.2 Å². The topological polar surface area (TPSA) is 127 Å². The lowest BCUT2D eigenvalue weighted by Gasteiger charge is -2.26. The van der Waals surface area contributed by atoms with Crippen LogP contribution in [0.15, 0.2) is 42.6 Å². The summed E-state index contributed by atoms with van der Waals surface area (Å²) in [6, 6.07) is 7.28. The molecular weight excluding hydrogens is 420 g/mol. The van der Waals surface area contributed by atoms with Crippen molar-refractivity contribution < 1.29 is 27.2 Å². The fourth-order valence-corrected chi connectivity index (χ4v) is 2.83. The SMILES string of the molecule is NC(=O)c1cc(F)c(N(N)[C@@H](C=O)CC(F)(F)F)nc1Nc1ccc2cccnc2c1. The number of alkyl halides is 3. The van der Waals surface area contributed by atoms with Crippen LogP contribution in [0.25, 0.3) is 10.9 Å². The molecule has 0 radical (unpaired) electrons. The number of carbonyl (C=O) groups excluding carboxylic acids is 2. The monoisotopic (exact) mass is 436 g/mol. The second-order valence-corrected chi connectivity index (χ2v) is 6.52. The van der Waals surface area contributed by atoms with E-state index in [1.807, 2.05) is 6.07 Å². The van der Waals surface area contributed by atoms with Crippen LogP contribution < -0.4 is 21.9 Å². The quantitative estimate of drug-likeness (QED) is 0.225. The van der Waals surface area contributed by atoms with Crippen LogP contribution in [0.2, 0.25) is 0 Å². The van der Waals surface area contributed by atoms with Gasteiger partial charge in [-0.05, 0) is 24.3 Å². The summed E-state index contributed by atoms with van der Waals surface area (Å²) in [5.74, 6) is 2.27. The lowest BCUT2D eigenvalue weighted by atomic mass is 10.1. The van der Waals surface area contributed by atoms with Gasteiger partial charge in [0.1, 0.15) is 18.1 Å². The highest BCUT2D eigenvalue weighted by molar-refractivity contribution is 5.99. The molecule has 31 heavy (non-hydrogen) atoms. The van der Waals surface area contributed by atoms with Crippen molar-refractivity contribution in [1.29, 1.82) is 0 Å². The Balaban J connectivity index is 2.02. The standard InChI is InChI=1S/C19H16F4N6O2/c20-14-7-13(16(24)31)17(27-11-4-3-10-2-1-5-26-15(10)6-11)28-18(14)29(25)12(9-30)8-19(21,22)23/h1-7,9,12H,8,25H2,(H2,24,31)(H,27,28)/t12-/m1/s1. The van der Waals surface area contributed by atoms with Gasteiger partial charge in [-0.15, -0.1) is 0 Å². The highest BCUT2D eigenvalue weighted by Gasteiger charge is 2.35. The van der Waals surface area contributed by atoms with Crippen LogP contribution in [-0.2, 0) is 4.79 Å². The van der Waals surface area contributed by atoms with Crippen LogP contribution in [0.1, 0.15) is 16.8 Å². The highest BCUT2D eigenvalue weighted by atomic mass is 19.4. The number of nitrogens with two attached hydrogens (primary N) is 2. The molecule has 8 nitrogen and oxygen atoms in total. The maximum Gasteiger partial charge on any atom is 0.391 e. The maximum atomic E-state index is 14.5. The number of hydrogen-bond donors (Lipinski definition) is 3. The lowest BCUT2D eigenvalue weighted by Crippen LogP contribution is -2.46. The van der Waals surface area contributed by atoms with Crippen molar-refractivity contribution in [1.82, 2.24) is 9.97 Å². The maximum absolute atomic E-state index is 14.5. The number of aromatic nitrogens is 2. The zero-order valence-electron chi connectivity index (χ0n) is 15.7. The van der Waals surface area contributed by atoms with Gasteiger partial charge in [0.05, 0.1) is 17.5 Å². The third-order valence-electron chi connectivity index (χ3n) is 4.29. The summed E-state index contributed by atoms with van der Waals surface area (Å²) in [5.41, 5.74) is 5.90. The average molecular weight is 436 g/mol. The summed E-state index contributed by atoms with van der Waals surface area (Å²) < 4.78 is 52.6. The molecule has 0 saturated carbocycles. The summed E-state index contributed by atoms with van der Waals surface area (Å²) in [6.07, 6.45) is -4.85. The summed E-state index contributed by atoms with van der Waals surface area (Å²) >= 11 is 0. The number of amides is 1. The van der Waals surface area contributed by atoms with Gasteiger partial charge in [0, 0.05) is 17.3 Å². The predicted molar refractivity (Wildman–Crippen MR) is 105 cm³/mol. The molecule has 1 atom stereocenters. The molecule has 0 aliphatic rings. The van der Waals surface area contributed by atoms with Crippen LogP contribution in [-0.4, -0.2) is 34.4 Å². The minimum Gasteiger partial charge on any atom is -0.365 e. The smallest absolute Gasteiger partial charge is 0.365 e. The zero-order valence-corrected chi connectivity index (χ0v) is 15.7. The number of carbonyl (C=O) groups is 2. The van der Waals surface area contributed by atoms with Crippen LogP contribution in [0.5, 0.6) is 0 Å². The largest absolute Gasteiger partial charge is 0.391 e. The third kappa shape index (κ3) is 5.04. The third-order valence-corrected chi connectivity index (χ3v) is 4.29. The Morgan fingerprint density at radius 3 is 2.65 bits per heavy atom. The minimum absolute atomic E-state index is 0.0707. The minimum atomic E-state index is -4.73. The normalized spacial score (nSPS) is 12.4. The van der Waals surface area contributed by atoms with Crippen LogP contribution in [0, 0.1) is 5.82 Å². The average Bonchev–Trinajstić information content (AvgIpc) is 2.71. The molecule has 0 fully saturated rings. The van der Waals surface area contributed by atoms with E-state index in [1.165, 1.54) is 0 Å². The van der Waals surface area contributed by atoms with E-state index in [9.17, 15) is 27.2 Å². The van der Waals surface area contributed by atoms with E-state index in [0.717, 1.165) is 5.39 Å². The number of anilines is 3. The molecular formula is C19H16F4N6O2.